The number of carbonyl (C=O) groups is 1. The van der Waals surface area contributed by atoms with Crippen LogP contribution in [0.1, 0.15) is 88.4 Å². The number of ether oxygens (including phenoxy) is 3. The van der Waals surface area contributed by atoms with Crippen molar-refractivity contribution in [3.63, 3.8) is 0 Å². The van der Waals surface area contributed by atoms with Crippen LogP contribution in [0.3, 0.4) is 0 Å². The molecule has 0 fully saturated rings. The van der Waals surface area contributed by atoms with Gasteiger partial charge in [0, 0.05) is 0 Å². The average molecular weight is 463 g/mol. The number of benzene rings is 2. The van der Waals surface area contributed by atoms with Gasteiger partial charge >= 0.3 is 5.97 Å². The number of hydrogen-bond donors (Lipinski definition) is 0. The lowest BCUT2D eigenvalue weighted by Gasteiger charge is -2.11. The van der Waals surface area contributed by atoms with Crippen molar-refractivity contribution in [1.82, 2.24) is 0 Å². The molecular weight excluding hydrogens is 426 g/mol. The van der Waals surface area contributed by atoms with Gasteiger partial charge in [-0.1, -0.05) is 65.2 Å². The second-order valence-electron chi connectivity index (χ2n) is 8.13. The Balaban J connectivity index is 1.83. The molecule has 182 valence electrons. The normalized spacial score (nSPS) is 10.8. The fourth-order valence-corrected chi connectivity index (χ4v) is 3.33. The molecule has 2 aromatic rings. The first-order valence-corrected chi connectivity index (χ1v) is 12.1. The molecule has 2 aromatic carbocycles. The highest BCUT2D eigenvalue weighted by Crippen LogP contribution is 2.28. The molecule has 4 nitrogen and oxygen atoms in total. The van der Waals surface area contributed by atoms with Gasteiger partial charge in [0.05, 0.1) is 18.8 Å². The molecule has 0 aliphatic rings. The van der Waals surface area contributed by atoms with Crippen LogP contribution in [0.2, 0.25) is 0 Å². The maximum atomic E-state index is 14.4. The van der Waals surface area contributed by atoms with Crippen LogP contribution in [-0.4, -0.2) is 19.2 Å². The highest BCUT2D eigenvalue weighted by Gasteiger charge is 2.19. The summed E-state index contributed by atoms with van der Waals surface area (Å²) in [4.78, 5) is 12.3. The molecule has 0 spiro atoms. The molecule has 0 unspecified atom stereocenters. The van der Waals surface area contributed by atoms with Crippen molar-refractivity contribution >= 4 is 5.97 Å². The van der Waals surface area contributed by atoms with E-state index in [-0.39, 0.29) is 11.3 Å². The maximum absolute atomic E-state index is 14.4. The van der Waals surface area contributed by atoms with Crippen LogP contribution in [0.15, 0.2) is 36.4 Å². The van der Waals surface area contributed by atoms with Crippen LogP contribution in [0, 0.1) is 11.6 Å². The summed E-state index contributed by atoms with van der Waals surface area (Å²) in [5, 5.41) is 0. The molecule has 0 radical (unpaired) electrons. The Bertz CT molecular complexity index is 837. The number of halogens is 2. The van der Waals surface area contributed by atoms with Gasteiger partial charge in [-0.25, -0.2) is 4.79 Å². The Morgan fingerprint density at radius 3 is 1.79 bits per heavy atom. The molecule has 0 heterocycles. The van der Waals surface area contributed by atoms with Crippen molar-refractivity contribution in [2.24, 2.45) is 0 Å². The maximum Gasteiger partial charge on any atom is 0.343 e. The number of unbranched alkanes of at least 4 members (excludes halogenated alkanes) is 8. The van der Waals surface area contributed by atoms with Crippen LogP contribution < -0.4 is 14.2 Å². The molecule has 0 atom stereocenters. The Hall–Kier alpha value is -2.63. The zero-order chi connectivity index (χ0) is 23.9. The Labute approximate surface area is 196 Å². The summed E-state index contributed by atoms with van der Waals surface area (Å²) in [6.45, 7) is 5.23. The van der Waals surface area contributed by atoms with Gasteiger partial charge in [0.2, 0.25) is 11.6 Å². The molecule has 0 bridgehead atoms. The van der Waals surface area contributed by atoms with Gasteiger partial charge in [-0.3, -0.25) is 0 Å². The van der Waals surface area contributed by atoms with Gasteiger partial charge in [-0.05, 0) is 49.2 Å². The minimum Gasteiger partial charge on any atom is -0.494 e. The number of hydrogen-bond acceptors (Lipinski definition) is 4. The molecular formula is C27H36F2O4. The van der Waals surface area contributed by atoms with Gasteiger partial charge in [-0.2, -0.15) is 8.78 Å². The predicted molar refractivity (Wildman–Crippen MR) is 126 cm³/mol. The first kappa shape index (κ1) is 26.6. The lowest BCUT2D eigenvalue weighted by molar-refractivity contribution is 0.0726. The molecule has 0 aliphatic carbocycles. The molecule has 0 saturated heterocycles. The van der Waals surface area contributed by atoms with Gasteiger partial charge < -0.3 is 14.2 Å². The highest BCUT2D eigenvalue weighted by atomic mass is 19.2. The molecule has 33 heavy (non-hydrogen) atoms. The van der Waals surface area contributed by atoms with Crippen molar-refractivity contribution in [2.75, 3.05) is 13.2 Å². The van der Waals surface area contributed by atoms with Crippen molar-refractivity contribution in [3.8, 4) is 17.2 Å². The van der Waals surface area contributed by atoms with Crippen LogP contribution in [-0.2, 0) is 0 Å². The summed E-state index contributed by atoms with van der Waals surface area (Å²) in [7, 11) is 0. The van der Waals surface area contributed by atoms with E-state index < -0.39 is 23.4 Å². The summed E-state index contributed by atoms with van der Waals surface area (Å²) in [6, 6.07) is 8.90. The zero-order valence-corrected chi connectivity index (χ0v) is 19.8. The fourth-order valence-electron chi connectivity index (χ4n) is 3.33. The SMILES string of the molecule is CCCCCCCOc1ccc(C(=O)Oc2ccc(OCCCCCCC)c(F)c2F)cc1. The monoisotopic (exact) mass is 462 g/mol. The fraction of sp³-hybridized carbons (Fsp3) is 0.519. The molecule has 0 aromatic heterocycles. The Morgan fingerprint density at radius 2 is 1.18 bits per heavy atom. The Morgan fingerprint density at radius 1 is 0.667 bits per heavy atom. The van der Waals surface area contributed by atoms with Crippen LogP contribution in [0.5, 0.6) is 17.2 Å². The number of carbonyl (C=O) groups excluding carboxylic acids is 1. The zero-order valence-electron chi connectivity index (χ0n) is 19.8. The van der Waals surface area contributed by atoms with Gasteiger partial charge in [0.15, 0.2) is 11.5 Å². The van der Waals surface area contributed by atoms with E-state index in [1.807, 2.05) is 0 Å². The Kier molecular flexibility index (Phi) is 12.3. The van der Waals surface area contributed by atoms with E-state index in [1.54, 1.807) is 24.3 Å². The molecule has 2 rings (SSSR count). The largest absolute Gasteiger partial charge is 0.494 e. The number of esters is 1. The first-order chi connectivity index (χ1) is 16.1. The van der Waals surface area contributed by atoms with E-state index in [0.717, 1.165) is 44.9 Å². The van der Waals surface area contributed by atoms with E-state index in [2.05, 4.69) is 13.8 Å². The number of rotatable bonds is 16. The van der Waals surface area contributed by atoms with Crippen LogP contribution in [0.4, 0.5) is 8.78 Å². The molecule has 0 aliphatic heterocycles. The first-order valence-electron chi connectivity index (χ1n) is 12.1. The summed E-state index contributed by atoms with van der Waals surface area (Å²) in [5.74, 6) is -3.18. The van der Waals surface area contributed by atoms with Crippen molar-refractivity contribution in [2.45, 2.75) is 78.1 Å². The average Bonchev–Trinajstić information content (AvgIpc) is 2.83. The third-order valence-electron chi connectivity index (χ3n) is 5.33. The predicted octanol–water partition coefficient (Wildman–Crippen LogP) is 7.88. The quantitative estimate of drug-likeness (QED) is 0.145. The van der Waals surface area contributed by atoms with Crippen LogP contribution in [0.25, 0.3) is 0 Å². The standard InChI is InChI=1S/C27H36F2O4/c1-3-5-7-9-11-19-31-22-15-13-21(14-16-22)27(30)33-24-18-17-23(25(28)26(24)29)32-20-12-10-8-6-4-2/h13-18H,3-12,19-20H2,1-2H3. The third-order valence-corrected chi connectivity index (χ3v) is 5.33. The second kappa shape index (κ2) is 15.3. The van der Waals surface area contributed by atoms with Gasteiger partial charge in [0.1, 0.15) is 5.75 Å². The van der Waals surface area contributed by atoms with Gasteiger partial charge in [-0.15, -0.1) is 0 Å². The minimum absolute atomic E-state index is 0.181. The lowest BCUT2D eigenvalue weighted by Crippen LogP contribution is -2.10. The second-order valence-corrected chi connectivity index (χ2v) is 8.13. The topological polar surface area (TPSA) is 44.8 Å². The molecule has 0 saturated carbocycles. The van der Waals surface area contributed by atoms with E-state index in [4.69, 9.17) is 14.2 Å². The third kappa shape index (κ3) is 9.40. The summed E-state index contributed by atoms with van der Waals surface area (Å²) < 4.78 is 44.8. The summed E-state index contributed by atoms with van der Waals surface area (Å²) >= 11 is 0. The van der Waals surface area contributed by atoms with E-state index in [9.17, 15) is 13.6 Å². The van der Waals surface area contributed by atoms with Crippen molar-refractivity contribution in [1.29, 1.82) is 0 Å². The van der Waals surface area contributed by atoms with E-state index >= 15 is 0 Å². The van der Waals surface area contributed by atoms with Crippen molar-refractivity contribution in [3.05, 3.63) is 53.6 Å². The molecule has 6 heteroatoms. The van der Waals surface area contributed by atoms with E-state index in [1.165, 1.54) is 31.4 Å². The lowest BCUT2D eigenvalue weighted by atomic mass is 10.2. The molecule has 0 N–H and O–H groups in total. The minimum atomic E-state index is -1.24. The summed E-state index contributed by atoms with van der Waals surface area (Å²) in [5.41, 5.74) is 0.220. The van der Waals surface area contributed by atoms with Crippen molar-refractivity contribution < 1.29 is 27.8 Å². The highest BCUT2D eigenvalue weighted by molar-refractivity contribution is 5.91. The summed E-state index contributed by atoms with van der Waals surface area (Å²) in [6.07, 6.45) is 10.9. The van der Waals surface area contributed by atoms with Crippen LogP contribution >= 0.6 is 0 Å². The smallest absolute Gasteiger partial charge is 0.343 e. The van der Waals surface area contributed by atoms with E-state index in [0.29, 0.717) is 19.0 Å². The molecule has 0 amide bonds. The van der Waals surface area contributed by atoms with Gasteiger partial charge in [0.25, 0.3) is 0 Å².